The van der Waals surface area contributed by atoms with E-state index in [0.717, 1.165) is 27.6 Å². The number of amides is 1. The Labute approximate surface area is 149 Å². The number of carbonyl (C=O) groups is 1. The van der Waals surface area contributed by atoms with E-state index in [-0.39, 0.29) is 11.7 Å². The van der Waals surface area contributed by atoms with E-state index in [1.54, 1.807) is 19.2 Å². The minimum Gasteiger partial charge on any atom is -0.508 e. The van der Waals surface area contributed by atoms with Gasteiger partial charge in [0.05, 0.1) is 25.8 Å². The third-order valence-electron chi connectivity index (χ3n) is 3.68. The summed E-state index contributed by atoms with van der Waals surface area (Å²) in [5.74, 6) is 0.949. The number of methoxy groups -OCH3 is 1. The fourth-order valence-corrected chi connectivity index (χ4v) is 3.07. The number of ether oxygens (including phenoxy) is 1. The van der Waals surface area contributed by atoms with Gasteiger partial charge in [-0.05, 0) is 42.0 Å². The van der Waals surface area contributed by atoms with Crippen LogP contribution in [-0.4, -0.2) is 23.1 Å². The van der Waals surface area contributed by atoms with Gasteiger partial charge in [0, 0.05) is 10.9 Å². The first-order valence-electron chi connectivity index (χ1n) is 7.77. The SMILES string of the molecule is COc1ccc(CC(=O)NCc2nc(-c3ccc(O)cc3)cs2)cc1. The summed E-state index contributed by atoms with van der Waals surface area (Å²) in [6.07, 6.45) is 0.320. The molecule has 1 aromatic heterocycles. The zero-order valence-corrected chi connectivity index (χ0v) is 14.5. The van der Waals surface area contributed by atoms with Crippen LogP contribution in [0, 0.1) is 0 Å². The van der Waals surface area contributed by atoms with Crippen molar-refractivity contribution in [3.63, 3.8) is 0 Å². The Balaban J connectivity index is 1.54. The van der Waals surface area contributed by atoms with E-state index in [0.29, 0.717) is 13.0 Å². The Kier molecular flexibility index (Phi) is 5.30. The largest absolute Gasteiger partial charge is 0.508 e. The zero-order chi connectivity index (χ0) is 17.6. The monoisotopic (exact) mass is 354 g/mol. The smallest absolute Gasteiger partial charge is 0.224 e. The van der Waals surface area contributed by atoms with Gasteiger partial charge in [0.2, 0.25) is 5.91 Å². The molecule has 0 aliphatic carbocycles. The number of hydrogen-bond acceptors (Lipinski definition) is 5. The van der Waals surface area contributed by atoms with Crippen molar-refractivity contribution >= 4 is 17.2 Å². The molecule has 6 heteroatoms. The standard InChI is InChI=1S/C19H18N2O3S/c1-24-16-8-2-13(3-9-16)10-18(23)20-11-19-21-17(12-25-19)14-4-6-15(22)7-5-14/h2-9,12,22H,10-11H2,1H3,(H,20,23). The lowest BCUT2D eigenvalue weighted by Gasteiger charge is -2.05. The first-order valence-corrected chi connectivity index (χ1v) is 8.65. The molecule has 0 fully saturated rings. The quantitative estimate of drug-likeness (QED) is 0.712. The van der Waals surface area contributed by atoms with Crippen LogP contribution in [0.1, 0.15) is 10.6 Å². The van der Waals surface area contributed by atoms with Gasteiger partial charge in [-0.1, -0.05) is 12.1 Å². The van der Waals surface area contributed by atoms with Crippen molar-refractivity contribution in [2.75, 3.05) is 7.11 Å². The van der Waals surface area contributed by atoms with Gasteiger partial charge in [-0.15, -0.1) is 11.3 Å². The van der Waals surface area contributed by atoms with Crippen LogP contribution in [-0.2, 0) is 17.8 Å². The van der Waals surface area contributed by atoms with Crippen molar-refractivity contribution in [3.05, 3.63) is 64.5 Å². The Morgan fingerprint density at radius 1 is 1.16 bits per heavy atom. The van der Waals surface area contributed by atoms with E-state index in [9.17, 15) is 9.90 Å². The number of rotatable bonds is 6. The lowest BCUT2D eigenvalue weighted by atomic mass is 10.1. The lowest BCUT2D eigenvalue weighted by Crippen LogP contribution is -2.24. The van der Waals surface area contributed by atoms with Crippen LogP contribution in [0.4, 0.5) is 0 Å². The molecular weight excluding hydrogens is 336 g/mol. The van der Waals surface area contributed by atoms with E-state index in [1.165, 1.54) is 11.3 Å². The Hall–Kier alpha value is -2.86. The molecular formula is C19H18N2O3S. The summed E-state index contributed by atoms with van der Waals surface area (Å²) in [5.41, 5.74) is 2.71. The van der Waals surface area contributed by atoms with E-state index < -0.39 is 0 Å². The first-order chi connectivity index (χ1) is 12.1. The van der Waals surface area contributed by atoms with E-state index in [2.05, 4.69) is 10.3 Å². The number of benzene rings is 2. The number of phenolic OH excluding ortho intramolecular Hbond substituents is 1. The van der Waals surface area contributed by atoms with Crippen molar-refractivity contribution in [1.82, 2.24) is 10.3 Å². The van der Waals surface area contributed by atoms with Crippen molar-refractivity contribution in [3.8, 4) is 22.8 Å². The fraction of sp³-hybridized carbons (Fsp3) is 0.158. The minimum absolute atomic E-state index is 0.0495. The lowest BCUT2D eigenvalue weighted by molar-refractivity contribution is -0.120. The summed E-state index contributed by atoms with van der Waals surface area (Å²) in [4.78, 5) is 16.6. The van der Waals surface area contributed by atoms with Gasteiger partial charge in [-0.2, -0.15) is 0 Å². The molecule has 2 N–H and O–H groups in total. The summed E-state index contributed by atoms with van der Waals surface area (Å²) in [6, 6.07) is 14.3. The average molecular weight is 354 g/mol. The van der Waals surface area contributed by atoms with E-state index in [4.69, 9.17) is 4.74 Å². The number of hydrogen-bond donors (Lipinski definition) is 2. The Morgan fingerprint density at radius 3 is 2.56 bits per heavy atom. The normalized spacial score (nSPS) is 10.4. The molecule has 0 spiro atoms. The third-order valence-corrected chi connectivity index (χ3v) is 4.52. The van der Waals surface area contributed by atoms with Crippen LogP contribution in [0.2, 0.25) is 0 Å². The third kappa shape index (κ3) is 4.58. The Bertz CT molecular complexity index is 842. The van der Waals surface area contributed by atoms with Gasteiger partial charge in [0.25, 0.3) is 0 Å². The molecule has 1 amide bonds. The van der Waals surface area contributed by atoms with Gasteiger partial charge in [-0.3, -0.25) is 4.79 Å². The van der Waals surface area contributed by atoms with Crippen LogP contribution in [0.5, 0.6) is 11.5 Å². The van der Waals surface area contributed by atoms with Gasteiger partial charge in [-0.25, -0.2) is 4.98 Å². The summed E-state index contributed by atoms with van der Waals surface area (Å²) >= 11 is 1.50. The number of nitrogens with one attached hydrogen (secondary N) is 1. The zero-order valence-electron chi connectivity index (χ0n) is 13.7. The maximum atomic E-state index is 12.1. The minimum atomic E-state index is -0.0495. The molecule has 0 aliphatic heterocycles. The first kappa shape index (κ1) is 17.0. The predicted octanol–water partition coefficient (Wildman–Crippen LogP) is 3.38. The molecule has 0 saturated carbocycles. The van der Waals surface area contributed by atoms with Crippen molar-refractivity contribution in [1.29, 1.82) is 0 Å². The summed E-state index contributed by atoms with van der Waals surface area (Å²) < 4.78 is 5.10. The highest BCUT2D eigenvalue weighted by molar-refractivity contribution is 7.09. The van der Waals surface area contributed by atoms with Crippen molar-refractivity contribution in [2.24, 2.45) is 0 Å². The van der Waals surface area contributed by atoms with Gasteiger partial charge in [0.15, 0.2) is 0 Å². The van der Waals surface area contributed by atoms with Crippen LogP contribution in [0.25, 0.3) is 11.3 Å². The number of carbonyl (C=O) groups excluding carboxylic acids is 1. The number of aromatic hydroxyl groups is 1. The maximum Gasteiger partial charge on any atom is 0.224 e. The highest BCUT2D eigenvalue weighted by atomic mass is 32.1. The molecule has 3 rings (SSSR count). The highest BCUT2D eigenvalue weighted by Gasteiger charge is 2.08. The number of nitrogens with zero attached hydrogens (tertiary/aromatic N) is 1. The van der Waals surface area contributed by atoms with Gasteiger partial charge >= 0.3 is 0 Å². The predicted molar refractivity (Wildman–Crippen MR) is 97.8 cm³/mol. The summed E-state index contributed by atoms with van der Waals surface area (Å²) in [5, 5.41) is 15.0. The molecule has 25 heavy (non-hydrogen) atoms. The molecule has 128 valence electrons. The molecule has 0 saturated heterocycles. The molecule has 0 atom stereocenters. The highest BCUT2D eigenvalue weighted by Crippen LogP contribution is 2.23. The second-order valence-corrected chi connectivity index (χ2v) is 6.42. The molecule has 5 nitrogen and oxygen atoms in total. The van der Waals surface area contributed by atoms with Crippen LogP contribution in [0.3, 0.4) is 0 Å². The number of phenols is 1. The number of thiazole rings is 1. The van der Waals surface area contributed by atoms with E-state index >= 15 is 0 Å². The van der Waals surface area contributed by atoms with Crippen LogP contribution < -0.4 is 10.1 Å². The second-order valence-electron chi connectivity index (χ2n) is 5.47. The summed E-state index contributed by atoms with van der Waals surface area (Å²) in [6.45, 7) is 0.401. The van der Waals surface area contributed by atoms with Crippen LogP contribution >= 0.6 is 11.3 Å². The van der Waals surface area contributed by atoms with Crippen molar-refractivity contribution in [2.45, 2.75) is 13.0 Å². The average Bonchev–Trinajstić information content (AvgIpc) is 3.10. The summed E-state index contributed by atoms with van der Waals surface area (Å²) in [7, 11) is 1.61. The molecule has 0 radical (unpaired) electrons. The van der Waals surface area contributed by atoms with Crippen LogP contribution in [0.15, 0.2) is 53.9 Å². The molecule has 2 aromatic carbocycles. The van der Waals surface area contributed by atoms with E-state index in [1.807, 2.05) is 41.8 Å². The molecule has 3 aromatic rings. The number of aromatic nitrogens is 1. The molecule has 0 aliphatic rings. The molecule has 1 heterocycles. The molecule has 0 bridgehead atoms. The van der Waals surface area contributed by atoms with Crippen molar-refractivity contribution < 1.29 is 14.6 Å². The fourth-order valence-electron chi connectivity index (χ4n) is 2.32. The van der Waals surface area contributed by atoms with Gasteiger partial charge < -0.3 is 15.2 Å². The Morgan fingerprint density at radius 2 is 1.88 bits per heavy atom. The maximum absolute atomic E-state index is 12.1. The topological polar surface area (TPSA) is 71.5 Å². The van der Waals surface area contributed by atoms with Gasteiger partial charge in [0.1, 0.15) is 16.5 Å². The molecule has 0 unspecified atom stereocenters. The second kappa shape index (κ2) is 7.81.